The monoisotopic (exact) mass is 271 g/mol. The van der Waals surface area contributed by atoms with E-state index in [0.29, 0.717) is 0 Å². The molecular formula is C17H21NO2. The van der Waals surface area contributed by atoms with Crippen LogP contribution < -0.4 is 10.1 Å². The molecule has 0 fully saturated rings. The maximum atomic E-state index is 5.59. The first-order valence-corrected chi connectivity index (χ1v) is 7.32. The summed E-state index contributed by atoms with van der Waals surface area (Å²) in [6.45, 7) is 5.96. The van der Waals surface area contributed by atoms with Crippen LogP contribution in [0.2, 0.25) is 0 Å². The number of nitrogens with one attached hydrogen (secondary N) is 1. The van der Waals surface area contributed by atoms with Crippen molar-refractivity contribution in [2.45, 2.75) is 32.7 Å². The van der Waals surface area contributed by atoms with E-state index in [-0.39, 0.29) is 6.04 Å². The van der Waals surface area contributed by atoms with E-state index in [2.05, 4.69) is 36.5 Å². The van der Waals surface area contributed by atoms with Crippen molar-refractivity contribution in [1.82, 2.24) is 5.32 Å². The van der Waals surface area contributed by atoms with Crippen molar-refractivity contribution < 1.29 is 9.15 Å². The largest absolute Gasteiger partial charge is 0.493 e. The van der Waals surface area contributed by atoms with Crippen LogP contribution in [0.4, 0.5) is 0 Å². The van der Waals surface area contributed by atoms with Crippen LogP contribution >= 0.6 is 0 Å². The average molecular weight is 271 g/mol. The van der Waals surface area contributed by atoms with Crippen molar-refractivity contribution in [3.05, 3.63) is 53.0 Å². The van der Waals surface area contributed by atoms with Gasteiger partial charge in [0.2, 0.25) is 0 Å². The zero-order valence-electron chi connectivity index (χ0n) is 12.1. The molecule has 3 rings (SSSR count). The lowest BCUT2D eigenvalue weighted by Crippen LogP contribution is -2.22. The number of hydrogen-bond acceptors (Lipinski definition) is 3. The van der Waals surface area contributed by atoms with Crippen LogP contribution in [0.25, 0.3) is 0 Å². The molecule has 0 aliphatic carbocycles. The Morgan fingerprint density at radius 3 is 2.90 bits per heavy atom. The van der Waals surface area contributed by atoms with Crippen LogP contribution in [0.1, 0.15) is 41.8 Å². The number of aryl methyl sites for hydroxylation is 1. The molecule has 2 aromatic rings. The average Bonchev–Trinajstić information content (AvgIpc) is 3.07. The number of ether oxygens (including phenoxy) is 1. The Morgan fingerprint density at radius 1 is 1.25 bits per heavy atom. The predicted molar refractivity (Wildman–Crippen MR) is 79.2 cm³/mol. The van der Waals surface area contributed by atoms with E-state index in [4.69, 9.17) is 9.15 Å². The van der Waals surface area contributed by atoms with E-state index in [1.54, 1.807) is 0 Å². The Kier molecular flexibility index (Phi) is 3.79. The Hall–Kier alpha value is -1.74. The maximum Gasteiger partial charge on any atom is 0.122 e. The smallest absolute Gasteiger partial charge is 0.122 e. The van der Waals surface area contributed by atoms with Gasteiger partial charge in [0.25, 0.3) is 0 Å². The molecule has 0 radical (unpaired) electrons. The van der Waals surface area contributed by atoms with Crippen molar-refractivity contribution in [3.8, 4) is 5.75 Å². The molecule has 1 unspecified atom stereocenters. The number of fused-ring (bicyclic) bond motifs is 1. The summed E-state index contributed by atoms with van der Waals surface area (Å²) in [5, 5.41) is 3.61. The highest BCUT2D eigenvalue weighted by atomic mass is 16.5. The summed E-state index contributed by atoms with van der Waals surface area (Å²) >= 11 is 0. The molecule has 0 spiro atoms. The number of furan rings is 1. The highest BCUT2D eigenvalue weighted by molar-refractivity contribution is 5.43. The minimum Gasteiger partial charge on any atom is -0.493 e. The third kappa shape index (κ3) is 2.59. The first-order chi connectivity index (χ1) is 9.78. The van der Waals surface area contributed by atoms with Gasteiger partial charge in [-0.15, -0.1) is 0 Å². The van der Waals surface area contributed by atoms with Gasteiger partial charge in [-0.25, -0.2) is 0 Å². The zero-order chi connectivity index (χ0) is 13.9. The molecule has 2 heterocycles. The quantitative estimate of drug-likeness (QED) is 0.902. The molecule has 1 atom stereocenters. The summed E-state index contributed by atoms with van der Waals surface area (Å²) < 4.78 is 11.1. The highest BCUT2D eigenvalue weighted by Crippen LogP contribution is 2.31. The molecule has 20 heavy (non-hydrogen) atoms. The summed E-state index contributed by atoms with van der Waals surface area (Å²) in [6, 6.07) is 8.80. The third-order valence-corrected chi connectivity index (χ3v) is 3.73. The molecule has 0 saturated heterocycles. The van der Waals surface area contributed by atoms with Crippen LogP contribution in [-0.4, -0.2) is 13.2 Å². The number of benzene rings is 1. The van der Waals surface area contributed by atoms with Gasteiger partial charge in [-0.3, -0.25) is 0 Å². The van der Waals surface area contributed by atoms with Crippen LogP contribution in [0.15, 0.2) is 34.9 Å². The molecule has 1 aromatic heterocycles. The second-order valence-corrected chi connectivity index (χ2v) is 5.34. The zero-order valence-corrected chi connectivity index (χ0v) is 12.1. The number of hydrogen-bond donors (Lipinski definition) is 1. The van der Waals surface area contributed by atoms with Crippen molar-refractivity contribution in [2.24, 2.45) is 0 Å². The Balaban J connectivity index is 1.92. The lowest BCUT2D eigenvalue weighted by Gasteiger charge is -2.18. The molecule has 3 heteroatoms. The standard InChI is InChI=1S/C17H21NO2/c1-3-7-18-17(15-9-12(2)20-11-15)14-4-5-16-13(10-14)6-8-19-16/h4-5,9-11,17-18H,3,6-8H2,1-2H3. The fourth-order valence-electron chi connectivity index (χ4n) is 2.72. The van der Waals surface area contributed by atoms with Crippen LogP contribution in [0.3, 0.4) is 0 Å². The van der Waals surface area contributed by atoms with Gasteiger partial charge in [0.05, 0.1) is 18.9 Å². The second kappa shape index (κ2) is 5.71. The van der Waals surface area contributed by atoms with Crippen LogP contribution in [-0.2, 0) is 6.42 Å². The summed E-state index contributed by atoms with van der Waals surface area (Å²) in [4.78, 5) is 0. The van der Waals surface area contributed by atoms with Crippen molar-refractivity contribution in [1.29, 1.82) is 0 Å². The van der Waals surface area contributed by atoms with Gasteiger partial charge < -0.3 is 14.5 Å². The number of rotatable bonds is 5. The summed E-state index contributed by atoms with van der Waals surface area (Å²) in [6.07, 6.45) is 3.97. The highest BCUT2D eigenvalue weighted by Gasteiger charge is 2.19. The lowest BCUT2D eigenvalue weighted by molar-refractivity contribution is 0.357. The van der Waals surface area contributed by atoms with Gasteiger partial charge in [-0.05, 0) is 43.1 Å². The molecule has 1 aromatic carbocycles. The maximum absolute atomic E-state index is 5.59. The summed E-state index contributed by atoms with van der Waals surface area (Å²) in [5.74, 6) is 1.99. The topological polar surface area (TPSA) is 34.4 Å². The molecular weight excluding hydrogens is 250 g/mol. The second-order valence-electron chi connectivity index (χ2n) is 5.34. The van der Waals surface area contributed by atoms with Crippen molar-refractivity contribution >= 4 is 0 Å². The molecule has 3 nitrogen and oxygen atoms in total. The molecule has 0 saturated carbocycles. The van der Waals surface area contributed by atoms with Gasteiger partial charge in [-0.1, -0.05) is 19.1 Å². The molecule has 0 amide bonds. The fraction of sp³-hybridized carbons (Fsp3) is 0.412. The SMILES string of the molecule is CCCNC(c1coc(C)c1)c1ccc2c(c1)CCO2. The van der Waals surface area contributed by atoms with E-state index < -0.39 is 0 Å². The van der Waals surface area contributed by atoms with E-state index >= 15 is 0 Å². The van der Waals surface area contributed by atoms with Crippen molar-refractivity contribution in [2.75, 3.05) is 13.2 Å². The predicted octanol–water partition coefficient (Wildman–Crippen LogP) is 3.61. The minimum absolute atomic E-state index is 0.193. The fourth-order valence-corrected chi connectivity index (χ4v) is 2.72. The Morgan fingerprint density at radius 2 is 2.15 bits per heavy atom. The molecule has 106 valence electrons. The van der Waals surface area contributed by atoms with E-state index in [1.807, 2.05) is 13.2 Å². The van der Waals surface area contributed by atoms with E-state index in [0.717, 1.165) is 37.5 Å². The Bertz CT molecular complexity index is 588. The van der Waals surface area contributed by atoms with E-state index in [1.165, 1.54) is 16.7 Å². The van der Waals surface area contributed by atoms with E-state index in [9.17, 15) is 0 Å². The minimum atomic E-state index is 0.193. The summed E-state index contributed by atoms with van der Waals surface area (Å²) in [7, 11) is 0. The molecule has 1 N–H and O–H groups in total. The van der Waals surface area contributed by atoms with Gasteiger partial charge in [0, 0.05) is 12.0 Å². The van der Waals surface area contributed by atoms with Crippen LogP contribution in [0.5, 0.6) is 5.75 Å². The van der Waals surface area contributed by atoms with Crippen LogP contribution in [0, 0.1) is 6.92 Å². The normalized spacial score (nSPS) is 14.9. The summed E-state index contributed by atoms with van der Waals surface area (Å²) in [5.41, 5.74) is 3.78. The lowest BCUT2D eigenvalue weighted by atomic mass is 9.98. The molecule has 1 aliphatic heterocycles. The molecule has 1 aliphatic rings. The molecule has 0 bridgehead atoms. The first-order valence-electron chi connectivity index (χ1n) is 7.32. The Labute approximate surface area is 119 Å². The van der Waals surface area contributed by atoms with Gasteiger partial charge in [-0.2, -0.15) is 0 Å². The van der Waals surface area contributed by atoms with Gasteiger partial charge in [0.15, 0.2) is 0 Å². The van der Waals surface area contributed by atoms with Gasteiger partial charge in [0.1, 0.15) is 11.5 Å². The van der Waals surface area contributed by atoms with Gasteiger partial charge >= 0.3 is 0 Å². The third-order valence-electron chi connectivity index (χ3n) is 3.73. The van der Waals surface area contributed by atoms with Crippen molar-refractivity contribution in [3.63, 3.8) is 0 Å². The first kappa shape index (κ1) is 13.3.